The van der Waals surface area contributed by atoms with Gasteiger partial charge in [0.25, 0.3) is 0 Å². The van der Waals surface area contributed by atoms with Crippen LogP contribution in [0.4, 0.5) is 0 Å². The number of amides is 1. The standard InChI is InChI=1S/C18H27NO3/c1-13(2)18(19-15(4)20,16-10-6-5-7-11-16)12-8-9-14(3)17(21)22/h5-7,10-11,13-14H,8-9,12H2,1-4H3,(H,19,20)(H,21,22). The number of carboxylic acids is 1. The lowest BCUT2D eigenvalue weighted by molar-refractivity contribution is -0.141. The van der Waals surface area contributed by atoms with Crippen LogP contribution in [0.5, 0.6) is 0 Å². The van der Waals surface area contributed by atoms with Gasteiger partial charge in [-0.15, -0.1) is 0 Å². The fraction of sp³-hybridized carbons (Fsp3) is 0.556. The number of hydrogen-bond acceptors (Lipinski definition) is 2. The van der Waals surface area contributed by atoms with Crippen LogP contribution in [-0.4, -0.2) is 17.0 Å². The van der Waals surface area contributed by atoms with Crippen LogP contribution < -0.4 is 5.32 Å². The molecule has 4 heteroatoms. The third-order valence-electron chi connectivity index (χ3n) is 4.30. The Bertz CT molecular complexity index is 498. The molecule has 0 saturated carbocycles. The number of nitrogens with one attached hydrogen (secondary N) is 1. The van der Waals surface area contributed by atoms with Crippen molar-refractivity contribution < 1.29 is 14.7 Å². The number of hydrogen-bond donors (Lipinski definition) is 2. The highest BCUT2D eigenvalue weighted by atomic mass is 16.4. The fourth-order valence-electron chi connectivity index (χ4n) is 2.91. The van der Waals surface area contributed by atoms with Gasteiger partial charge in [-0.1, -0.05) is 51.1 Å². The van der Waals surface area contributed by atoms with E-state index in [0.717, 1.165) is 18.4 Å². The molecule has 0 fully saturated rings. The minimum Gasteiger partial charge on any atom is -0.481 e. The zero-order chi connectivity index (χ0) is 16.8. The number of carbonyl (C=O) groups excluding carboxylic acids is 1. The first-order chi connectivity index (χ1) is 10.3. The molecule has 4 nitrogen and oxygen atoms in total. The Balaban J connectivity index is 2.99. The summed E-state index contributed by atoms with van der Waals surface area (Å²) in [5, 5.41) is 12.1. The summed E-state index contributed by atoms with van der Waals surface area (Å²) in [5.74, 6) is -0.991. The van der Waals surface area contributed by atoms with Crippen LogP contribution in [0.1, 0.15) is 52.5 Å². The highest BCUT2D eigenvalue weighted by Crippen LogP contribution is 2.35. The number of carboxylic acid groups (broad SMARTS) is 1. The van der Waals surface area contributed by atoms with E-state index in [1.807, 2.05) is 30.3 Å². The van der Waals surface area contributed by atoms with E-state index in [4.69, 9.17) is 5.11 Å². The summed E-state index contributed by atoms with van der Waals surface area (Å²) in [6.07, 6.45) is 2.09. The Morgan fingerprint density at radius 1 is 1.18 bits per heavy atom. The lowest BCUT2D eigenvalue weighted by atomic mass is 9.75. The van der Waals surface area contributed by atoms with Crippen LogP contribution in [0.15, 0.2) is 30.3 Å². The molecule has 22 heavy (non-hydrogen) atoms. The highest BCUT2D eigenvalue weighted by molar-refractivity contribution is 5.74. The minimum atomic E-state index is -0.769. The number of aliphatic carboxylic acids is 1. The van der Waals surface area contributed by atoms with E-state index >= 15 is 0 Å². The van der Waals surface area contributed by atoms with Crippen LogP contribution in [0.25, 0.3) is 0 Å². The molecule has 1 rings (SSSR count). The second-order valence-corrected chi connectivity index (χ2v) is 6.30. The second-order valence-electron chi connectivity index (χ2n) is 6.30. The van der Waals surface area contributed by atoms with E-state index in [0.29, 0.717) is 6.42 Å². The second kappa shape index (κ2) is 7.97. The third kappa shape index (κ3) is 4.58. The Morgan fingerprint density at radius 2 is 1.77 bits per heavy atom. The average molecular weight is 305 g/mol. The lowest BCUT2D eigenvalue weighted by Crippen LogP contribution is -2.49. The zero-order valence-corrected chi connectivity index (χ0v) is 13.9. The Labute approximate surface area is 132 Å². The van der Waals surface area contributed by atoms with Gasteiger partial charge in [-0.25, -0.2) is 0 Å². The topological polar surface area (TPSA) is 66.4 Å². The summed E-state index contributed by atoms with van der Waals surface area (Å²) >= 11 is 0. The van der Waals surface area contributed by atoms with Crippen molar-refractivity contribution in [2.45, 2.75) is 52.5 Å². The molecule has 0 spiro atoms. The predicted octanol–water partition coefficient (Wildman–Crippen LogP) is 3.57. The molecule has 0 bridgehead atoms. The van der Waals surface area contributed by atoms with Gasteiger partial charge in [-0.05, 0) is 30.7 Å². The quantitative estimate of drug-likeness (QED) is 0.771. The van der Waals surface area contributed by atoms with Gasteiger partial charge in [-0.2, -0.15) is 0 Å². The number of carbonyl (C=O) groups is 2. The highest BCUT2D eigenvalue weighted by Gasteiger charge is 2.36. The summed E-state index contributed by atoms with van der Waals surface area (Å²) in [5.41, 5.74) is 0.619. The monoisotopic (exact) mass is 305 g/mol. The predicted molar refractivity (Wildman–Crippen MR) is 87.4 cm³/mol. The lowest BCUT2D eigenvalue weighted by Gasteiger charge is -2.39. The number of rotatable bonds is 8. The van der Waals surface area contributed by atoms with E-state index < -0.39 is 11.5 Å². The number of benzene rings is 1. The van der Waals surface area contributed by atoms with Gasteiger partial charge < -0.3 is 10.4 Å². The van der Waals surface area contributed by atoms with Crippen molar-refractivity contribution in [3.63, 3.8) is 0 Å². The maximum Gasteiger partial charge on any atom is 0.306 e. The molecule has 0 aliphatic heterocycles. The van der Waals surface area contributed by atoms with Crippen molar-refractivity contribution in [2.75, 3.05) is 0 Å². The van der Waals surface area contributed by atoms with Crippen LogP contribution >= 0.6 is 0 Å². The summed E-state index contributed by atoms with van der Waals surface area (Å²) in [7, 11) is 0. The van der Waals surface area contributed by atoms with Gasteiger partial charge in [0, 0.05) is 6.92 Å². The molecule has 122 valence electrons. The van der Waals surface area contributed by atoms with Crippen molar-refractivity contribution in [3.8, 4) is 0 Å². The van der Waals surface area contributed by atoms with Gasteiger partial charge in [-0.3, -0.25) is 9.59 Å². The van der Waals surface area contributed by atoms with E-state index in [9.17, 15) is 9.59 Å². The molecule has 0 aliphatic carbocycles. The molecule has 0 aromatic heterocycles. The first-order valence-corrected chi connectivity index (χ1v) is 7.86. The van der Waals surface area contributed by atoms with Gasteiger partial charge >= 0.3 is 5.97 Å². The smallest absolute Gasteiger partial charge is 0.306 e. The molecular weight excluding hydrogens is 278 g/mol. The van der Waals surface area contributed by atoms with Crippen molar-refractivity contribution in [3.05, 3.63) is 35.9 Å². The molecular formula is C18H27NO3. The third-order valence-corrected chi connectivity index (χ3v) is 4.30. The van der Waals surface area contributed by atoms with Crippen molar-refractivity contribution in [2.24, 2.45) is 11.8 Å². The van der Waals surface area contributed by atoms with Crippen LogP contribution in [-0.2, 0) is 15.1 Å². The fourth-order valence-corrected chi connectivity index (χ4v) is 2.91. The molecule has 0 heterocycles. The molecule has 0 saturated heterocycles. The van der Waals surface area contributed by atoms with Crippen LogP contribution in [0, 0.1) is 11.8 Å². The maximum atomic E-state index is 11.7. The molecule has 1 aromatic carbocycles. The Morgan fingerprint density at radius 3 is 2.23 bits per heavy atom. The minimum absolute atomic E-state index is 0.0659. The summed E-state index contributed by atoms with van der Waals surface area (Å²) in [6.45, 7) is 7.42. The first kappa shape index (κ1) is 18.2. The molecule has 2 atom stereocenters. The van der Waals surface area contributed by atoms with E-state index in [-0.39, 0.29) is 17.7 Å². The summed E-state index contributed by atoms with van der Waals surface area (Å²) < 4.78 is 0. The maximum absolute atomic E-state index is 11.7. The summed E-state index contributed by atoms with van der Waals surface area (Å²) in [4.78, 5) is 22.7. The molecule has 2 unspecified atom stereocenters. The van der Waals surface area contributed by atoms with Crippen molar-refractivity contribution in [1.29, 1.82) is 0 Å². The summed E-state index contributed by atoms with van der Waals surface area (Å²) in [6, 6.07) is 9.93. The molecule has 1 aromatic rings. The Hall–Kier alpha value is -1.84. The Kier molecular flexibility index (Phi) is 6.60. The zero-order valence-electron chi connectivity index (χ0n) is 13.9. The first-order valence-electron chi connectivity index (χ1n) is 7.86. The van der Waals surface area contributed by atoms with E-state index in [2.05, 4.69) is 19.2 Å². The van der Waals surface area contributed by atoms with E-state index in [1.54, 1.807) is 6.92 Å². The average Bonchev–Trinajstić information content (AvgIpc) is 2.46. The largest absolute Gasteiger partial charge is 0.481 e. The van der Waals surface area contributed by atoms with Crippen molar-refractivity contribution >= 4 is 11.9 Å². The molecule has 0 aliphatic rings. The van der Waals surface area contributed by atoms with Crippen LogP contribution in [0.2, 0.25) is 0 Å². The van der Waals surface area contributed by atoms with Gasteiger partial charge in [0.15, 0.2) is 0 Å². The normalized spacial score (nSPS) is 15.1. The molecule has 1 amide bonds. The van der Waals surface area contributed by atoms with Gasteiger partial charge in [0.2, 0.25) is 5.91 Å². The molecule has 0 radical (unpaired) electrons. The van der Waals surface area contributed by atoms with E-state index in [1.165, 1.54) is 6.92 Å². The van der Waals surface area contributed by atoms with Crippen molar-refractivity contribution in [1.82, 2.24) is 5.32 Å². The van der Waals surface area contributed by atoms with Gasteiger partial charge in [0.1, 0.15) is 0 Å². The SMILES string of the molecule is CC(=O)NC(CCCC(C)C(=O)O)(c1ccccc1)C(C)C. The van der Waals surface area contributed by atoms with Gasteiger partial charge in [0.05, 0.1) is 11.5 Å². The van der Waals surface area contributed by atoms with Crippen LogP contribution in [0.3, 0.4) is 0 Å². The molecule has 2 N–H and O–H groups in total.